The SMILES string of the molecule is O=[C-]/C=C\[C-]=O.[W+2]. The van der Waals surface area contributed by atoms with Crippen LogP contribution >= 0.6 is 0 Å². The second kappa shape index (κ2) is 9.24. The summed E-state index contributed by atoms with van der Waals surface area (Å²) in [6, 6.07) is 0. The molecular weight excluding hydrogens is 264 g/mol. The summed E-state index contributed by atoms with van der Waals surface area (Å²) >= 11 is 0. The van der Waals surface area contributed by atoms with Crippen molar-refractivity contribution in [2.75, 3.05) is 0 Å². The summed E-state index contributed by atoms with van der Waals surface area (Å²) in [5.74, 6) is 0. The predicted molar refractivity (Wildman–Crippen MR) is 20.5 cm³/mol. The summed E-state index contributed by atoms with van der Waals surface area (Å²) < 4.78 is 0. The Morgan fingerprint density at radius 3 is 1.43 bits per heavy atom. The Balaban J connectivity index is 0. The van der Waals surface area contributed by atoms with Crippen molar-refractivity contribution in [2.45, 2.75) is 0 Å². The first-order valence-corrected chi connectivity index (χ1v) is 1.32. The zero-order chi connectivity index (χ0) is 4.83. The van der Waals surface area contributed by atoms with Gasteiger partial charge in [0.05, 0.1) is 0 Å². The molecule has 0 aromatic carbocycles. The molecule has 0 atom stereocenters. The molecule has 0 amide bonds. The molecule has 0 fully saturated rings. The summed E-state index contributed by atoms with van der Waals surface area (Å²) in [7, 11) is 0. The molecule has 36 valence electrons. The summed E-state index contributed by atoms with van der Waals surface area (Å²) in [6.45, 7) is 0. The van der Waals surface area contributed by atoms with Crippen molar-refractivity contribution in [1.82, 2.24) is 0 Å². The summed E-state index contributed by atoms with van der Waals surface area (Å²) in [5, 5.41) is 0. The molecule has 0 aromatic heterocycles. The normalized spacial score (nSPS) is 7.43. The first kappa shape index (κ1) is 9.90. The number of carbonyl (C=O) groups excluding carboxylic acids is 2. The van der Waals surface area contributed by atoms with E-state index in [0.29, 0.717) is 0 Å². The van der Waals surface area contributed by atoms with Crippen LogP contribution in [0.5, 0.6) is 0 Å². The third-order valence-electron chi connectivity index (χ3n) is 0.219. The van der Waals surface area contributed by atoms with Crippen LogP contribution in [-0.2, 0) is 30.7 Å². The fourth-order valence-corrected chi connectivity index (χ4v) is 0.0680. The first-order chi connectivity index (χ1) is 2.91. The predicted octanol–water partition coefficient (Wildman–Crippen LogP) is -0.241. The Morgan fingerprint density at radius 1 is 1.00 bits per heavy atom. The molecule has 0 unspecified atom stereocenters. The van der Waals surface area contributed by atoms with Crippen LogP contribution in [0.15, 0.2) is 12.2 Å². The van der Waals surface area contributed by atoms with E-state index in [9.17, 15) is 9.59 Å². The van der Waals surface area contributed by atoms with E-state index in [0.717, 1.165) is 12.2 Å². The molecule has 0 saturated carbocycles. The summed E-state index contributed by atoms with van der Waals surface area (Å²) in [5.41, 5.74) is 0. The molecule has 0 bridgehead atoms. The Morgan fingerprint density at radius 2 is 1.29 bits per heavy atom. The summed E-state index contributed by atoms with van der Waals surface area (Å²) in [4.78, 5) is 18.3. The molecule has 0 radical (unpaired) electrons. The zero-order valence-corrected chi connectivity index (χ0v) is 6.31. The molecule has 0 aliphatic rings. The van der Waals surface area contributed by atoms with Gasteiger partial charge in [0.1, 0.15) is 0 Å². The van der Waals surface area contributed by atoms with E-state index in [4.69, 9.17) is 0 Å². The number of allylic oxidation sites excluding steroid dienone is 2. The maximum absolute atomic E-state index is 9.17. The minimum absolute atomic E-state index is 0. The van der Waals surface area contributed by atoms with E-state index in [-0.39, 0.29) is 21.1 Å². The van der Waals surface area contributed by atoms with Crippen molar-refractivity contribution in [1.29, 1.82) is 0 Å². The fourth-order valence-electron chi connectivity index (χ4n) is 0.0680. The number of hydrogen-bond donors (Lipinski definition) is 0. The Labute approximate surface area is 55.9 Å². The van der Waals surface area contributed by atoms with Gasteiger partial charge in [-0.2, -0.15) is 0 Å². The maximum Gasteiger partial charge on any atom is 2.00 e. The molecule has 0 rings (SSSR count). The van der Waals surface area contributed by atoms with E-state index in [2.05, 4.69) is 0 Å². The molecule has 3 heteroatoms. The fraction of sp³-hybridized carbons (Fsp3) is 0. The van der Waals surface area contributed by atoms with Gasteiger partial charge in [0, 0.05) is 0 Å². The van der Waals surface area contributed by atoms with Gasteiger partial charge in [-0.05, 0) is 0 Å². The van der Waals surface area contributed by atoms with Crippen molar-refractivity contribution in [3.63, 3.8) is 0 Å². The van der Waals surface area contributed by atoms with E-state index < -0.39 is 0 Å². The van der Waals surface area contributed by atoms with Crippen LogP contribution in [0.4, 0.5) is 0 Å². The van der Waals surface area contributed by atoms with Crippen LogP contribution in [0, 0.1) is 0 Å². The van der Waals surface area contributed by atoms with Gasteiger partial charge in [-0.3, -0.25) is 0 Å². The molecule has 7 heavy (non-hydrogen) atoms. The largest absolute Gasteiger partial charge is 2.00 e. The molecule has 0 saturated heterocycles. The number of rotatable bonds is 2. The second-order valence-corrected chi connectivity index (χ2v) is 0.569. The van der Waals surface area contributed by atoms with E-state index in [1.165, 1.54) is 12.6 Å². The maximum atomic E-state index is 9.17. The minimum Gasteiger partial charge on any atom is -0.440 e. The molecule has 0 heterocycles. The van der Waals surface area contributed by atoms with Gasteiger partial charge < -0.3 is 21.7 Å². The zero-order valence-electron chi connectivity index (χ0n) is 3.38. The van der Waals surface area contributed by atoms with Crippen molar-refractivity contribution in [3.05, 3.63) is 12.2 Å². The topological polar surface area (TPSA) is 34.1 Å². The van der Waals surface area contributed by atoms with Crippen molar-refractivity contribution in [3.8, 4) is 0 Å². The molecule has 0 N–H and O–H groups in total. The third kappa shape index (κ3) is 10.7. The first-order valence-electron chi connectivity index (χ1n) is 1.32. The van der Waals surface area contributed by atoms with Crippen LogP contribution in [0.3, 0.4) is 0 Å². The van der Waals surface area contributed by atoms with Crippen molar-refractivity contribution < 1.29 is 30.7 Å². The van der Waals surface area contributed by atoms with E-state index >= 15 is 0 Å². The average Bonchev–Trinajstić information content (AvgIpc) is 1.61. The van der Waals surface area contributed by atoms with Gasteiger partial charge in [0.25, 0.3) is 0 Å². The van der Waals surface area contributed by atoms with Gasteiger partial charge in [-0.1, -0.05) is 0 Å². The van der Waals surface area contributed by atoms with Crippen molar-refractivity contribution >= 4 is 12.6 Å². The molecule has 0 aromatic rings. The number of hydrogen-bond acceptors (Lipinski definition) is 2. The Bertz CT molecular complexity index is 67.8. The smallest absolute Gasteiger partial charge is 0.440 e. The monoisotopic (exact) mass is 266 g/mol. The molecule has 0 aliphatic carbocycles. The average molecular weight is 266 g/mol. The van der Waals surface area contributed by atoms with E-state index in [1.54, 1.807) is 0 Å². The van der Waals surface area contributed by atoms with Gasteiger partial charge in [0.2, 0.25) is 0 Å². The van der Waals surface area contributed by atoms with Gasteiger partial charge in [-0.15, -0.1) is 12.6 Å². The Hall–Kier alpha value is -0.232. The molecule has 0 aliphatic heterocycles. The molecular formula is C4H2O2W. The quantitative estimate of drug-likeness (QED) is 0.510. The summed E-state index contributed by atoms with van der Waals surface area (Å²) in [6.07, 6.45) is 4.65. The van der Waals surface area contributed by atoms with Gasteiger partial charge >= 0.3 is 21.1 Å². The van der Waals surface area contributed by atoms with Crippen molar-refractivity contribution in [2.24, 2.45) is 0 Å². The second-order valence-electron chi connectivity index (χ2n) is 0.569. The van der Waals surface area contributed by atoms with Crippen LogP contribution in [0.1, 0.15) is 0 Å². The molecule has 2 nitrogen and oxygen atoms in total. The minimum atomic E-state index is 0. The van der Waals surface area contributed by atoms with Crippen LogP contribution in [0.2, 0.25) is 0 Å². The van der Waals surface area contributed by atoms with Gasteiger partial charge in [-0.25, -0.2) is 0 Å². The van der Waals surface area contributed by atoms with Crippen LogP contribution in [-0.4, -0.2) is 12.6 Å². The molecule has 0 spiro atoms. The van der Waals surface area contributed by atoms with Crippen LogP contribution in [0.25, 0.3) is 0 Å². The van der Waals surface area contributed by atoms with E-state index in [1.807, 2.05) is 0 Å². The standard InChI is InChI=1S/C4H2O2.W/c5-3-1-2-4-6;/h1-2H;/q-2;+2/b2-1-;. The van der Waals surface area contributed by atoms with Crippen LogP contribution < -0.4 is 0 Å². The third-order valence-corrected chi connectivity index (χ3v) is 0.219. The Kier molecular flexibility index (Phi) is 13.1. The van der Waals surface area contributed by atoms with Gasteiger partial charge in [0.15, 0.2) is 0 Å².